The summed E-state index contributed by atoms with van der Waals surface area (Å²) < 4.78 is 1.59. The Kier molecular flexibility index (Phi) is 3.39. The first kappa shape index (κ1) is 13.3. The number of aromatic nitrogens is 3. The van der Waals surface area contributed by atoms with Crippen molar-refractivity contribution in [3.63, 3.8) is 0 Å². The van der Waals surface area contributed by atoms with E-state index in [0.717, 1.165) is 12.1 Å². The Morgan fingerprint density at radius 1 is 1.24 bits per heavy atom. The monoisotopic (exact) mass is 286 g/mol. The highest BCUT2D eigenvalue weighted by atomic mass is 16.4. The number of carbonyl (C=O) groups excluding carboxylic acids is 1. The van der Waals surface area contributed by atoms with Gasteiger partial charge >= 0.3 is 5.97 Å². The third kappa shape index (κ3) is 2.49. The van der Waals surface area contributed by atoms with Crippen LogP contribution in [0.25, 0.3) is 5.69 Å². The van der Waals surface area contributed by atoms with Crippen molar-refractivity contribution >= 4 is 11.9 Å². The largest absolute Gasteiger partial charge is 0.480 e. The van der Waals surface area contributed by atoms with E-state index in [1.54, 1.807) is 41.3 Å². The summed E-state index contributed by atoms with van der Waals surface area (Å²) in [5.41, 5.74) is 1.27. The minimum atomic E-state index is -0.944. The maximum absolute atomic E-state index is 12.4. The number of amides is 1. The third-order valence-electron chi connectivity index (χ3n) is 3.60. The average molecular weight is 286 g/mol. The van der Waals surface area contributed by atoms with E-state index in [9.17, 15) is 9.59 Å². The summed E-state index contributed by atoms with van der Waals surface area (Å²) in [6, 6.07) is 6.15. The summed E-state index contributed by atoms with van der Waals surface area (Å²) in [4.78, 5) is 25.0. The van der Waals surface area contributed by atoms with Crippen molar-refractivity contribution in [1.82, 2.24) is 19.9 Å². The van der Waals surface area contributed by atoms with Crippen molar-refractivity contribution in [3.05, 3.63) is 42.2 Å². The van der Waals surface area contributed by atoms with Crippen LogP contribution in [0.3, 0.4) is 0 Å². The minimum Gasteiger partial charge on any atom is -0.480 e. The maximum Gasteiger partial charge on any atom is 0.326 e. The Labute approximate surface area is 120 Å². The van der Waals surface area contributed by atoms with E-state index in [1.165, 1.54) is 4.90 Å². The fourth-order valence-electron chi connectivity index (χ4n) is 2.54. The molecule has 3 rings (SSSR count). The highest BCUT2D eigenvalue weighted by molar-refractivity contribution is 5.97. The first-order chi connectivity index (χ1) is 10.2. The Bertz CT molecular complexity index is 651. The van der Waals surface area contributed by atoms with E-state index >= 15 is 0 Å². The molecule has 0 spiro atoms. The molecule has 21 heavy (non-hydrogen) atoms. The standard InChI is InChI=1S/C14H14N4O3/c19-13(17-8-1-2-12(17)14(20)21)10-3-5-11(6-4-10)18-9-7-15-16-18/h3-7,9,12H,1-2,8H2,(H,20,21)/t12-/m0/s1. The number of benzene rings is 1. The van der Waals surface area contributed by atoms with Gasteiger partial charge in [0.25, 0.3) is 5.91 Å². The Balaban J connectivity index is 1.80. The molecular formula is C14H14N4O3. The first-order valence-corrected chi connectivity index (χ1v) is 6.67. The van der Waals surface area contributed by atoms with Crippen molar-refractivity contribution in [1.29, 1.82) is 0 Å². The molecule has 7 heteroatoms. The van der Waals surface area contributed by atoms with Gasteiger partial charge in [-0.15, -0.1) is 5.10 Å². The van der Waals surface area contributed by atoms with E-state index in [1.807, 2.05) is 0 Å². The number of carboxylic acid groups (broad SMARTS) is 1. The topological polar surface area (TPSA) is 88.3 Å². The second kappa shape index (κ2) is 5.35. The molecule has 0 saturated carbocycles. The van der Waals surface area contributed by atoms with E-state index in [-0.39, 0.29) is 5.91 Å². The summed E-state index contributed by atoms with van der Waals surface area (Å²) in [5.74, 6) is -1.19. The molecule has 1 amide bonds. The van der Waals surface area contributed by atoms with Crippen LogP contribution in [0.1, 0.15) is 23.2 Å². The van der Waals surface area contributed by atoms with Gasteiger partial charge < -0.3 is 10.0 Å². The van der Waals surface area contributed by atoms with Crippen LogP contribution in [0.4, 0.5) is 0 Å². The van der Waals surface area contributed by atoms with Gasteiger partial charge in [0.05, 0.1) is 18.1 Å². The fraction of sp³-hybridized carbons (Fsp3) is 0.286. The molecule has 1 aliphatic heterocycles. The van der Waals surface area contributed by atoms with E-state index in [4.69, 9.17) is 5.11 Å². The maximum atomic E-state index is 12.4. The van der Waals surface area contributed by atoms with Crippen LogP contribution in [-0.2, 0) is 4.79 Å². The molecule has 1 aromatic carbocycles. The molecule has 1 aliphatic rings. The molecule has 1 N–H and O–H groups in total. The number of aliphatic carboxylic acids is 1. The van der Waals surface area contributed by atoms with E-state index in [2.05, 4.69) is 10.3 Å². The highest BCUT2D eigenvalue weighted by Crippen LogP contribution is 2.20. The SMILES string of the molecule is O=C(O)[C@@H]1CCCN1C(=O)c1ccc(-n2ccnn2)cc1. The van der Waals surface area contributed by atoms with Gasteiger partial charge in [0.15, 0.2) is 0 Å². The summed E-state index contributed by atoms with van der Waals surface area (Å²) >= 11 is 0. The van der Waals surface area contributed by atoms with Gasteiger partial charge in [-0.2, -0.15) is 0 Å². The number of likely N-dealkylation sites (tertiary alicyclic amines) is 1. The lowest BCUT2D eigenvalue weighted by molar-refractivity contribution is -0.141. The van der Waals surface area contributed by atoms with Crippen LogP contribution >= 0.6 is 0 Å². The lowest BCUT2D eigenvalue weighted by atomic mass is 10.1. The summed E-state index contributed by atoms with van der Waals surface area (Å²) in [7, 11) is 0. The number of hydrogen-bond donors (Lipinski definition) is 1. The number of nitrogens with zero attached hydrogens (tertiary/aromatic N) is 4. The smallest absolute Gasteiger partial charge is 0.326 e. The molecule has 1 aromatic heterocycles. The van der Waals surface area contributed by atoms with Gasteiger partial charge in [-0.3, -0.25) is 4.79 Å². The Morgan fingerprint density at radius 2 is 2.00 bits per heavy atom. The lowest BCUT2D eigenvalue weighted by Crippen LogP contribution is -2.40. The number of hydrogen-bond acceptors (Lipinski definition) is 4. The number of carboxylic acids is 1. The summed E-state index contributed by atoms with van der Waals surface area (Å²) in [6.45, 7) is 0.487. The second-order valence-electron chi connectivity index (χ2n) is 4.89. The van der Waals surface area contributed by atoms with Crippen LogP contribution in [0.2, 0.25) is 0 Å². The van der Waals surface area contributed by atoms with Crippen LogP contribution < -0.4 is 0 Å². The average Bonchev–Trinajstić information content (AvgIpc) is 3.18. The van der Waals surface area contributed by atoms with Crippen molar-refractivity contribution in [2.75, 3.05) is 6.54 Å². The molecule has 0 aliphatic carbocycles. The Morgan fingerprint density at radius 3 is 2.62 bits per heavy atom. The van der Waals surface area contributed by atoms with Crippen LogP contribution in [0.5, 0.6) is 0 Å². The zero-order valence-electron chi connectivity index (χ0n) is 11.2. The van der Waals surface area contributed by atoms with Crippen LogP contribution in [0.15, 0.2) is 36.7 Å². The van der Waals surface area contributed by atoms with Crippen molar-refractivity contribution in [2.24, 2.45) is 0 Å². The van der Waals surface area contributed by atoms with Gasteiger partial charge in [0.1, 0.15) is 6.04 Å². The number of rotatable bonds is 3. The molecule has 0 unspecified atom stereocenters. The zero-order valence-corrected chi connectivity index (χ0v) is 11.2. The van der Waals surface area contributed by atoms with Gasteiger partial charge in [-0.05, 0) is 37.1 Å². The van der Waals surface area contributed by atoms with E-state index < -0.39 is 12.0 Å². The van der Waals surface area contributed by atoms with Crippen molar-refractivity contribution in [2.45, 2.75) is 18.9 Å². The van der Waals surface area contributed by atoms with Gasteiger partial charge in [0, 0.05) is 12.1 Å². The molecule has 108 valence electrons. The fourth-order valence-corrected chi connectivity index (χ4v) is 2.54. The summed E-state index contributed by atoms with van der Waals surface area (Å²) in [5, 5.41) is 16.7. The molecule has 0 bridgehead atoms. The highest BCUT2D eigenvalue weighted by Gasteiger charge is 2.34. The predicted molar refractivity (Wildman–Crippen MR) is 73.1 cm³/mol. The minimum absolute atomic E-state index is 0.245. The van der Waals surface area contributed by atoms with E-state index in [0.29, 0.717) is 18.5 Å². The summed E-state index contributed by atoms with van der Waals surface area (Å²) in [6.07, 6.45) is 4.51. The van der Waals surface area contributed by atoms with Crippen molar-refractivity contribution < 1.29 is 14.7 Å². The normalized spacial score (nSPS) is 17.9. The molecule has 2 heterocycles. The van der Waals surface area contributed by atoms with Gasteiger partial charge in [-0.25, -0.2) is 9.48 Å². The van der Waals surface area contributed by atoms with Gasteiger partial charge in [0.2, 0.25) is 0 Å². The van der Waals surface area contributed by atoms with Gasteiger partial charge in [-0.1, -0.05) is 5.21 Å². The molecule has 1 fully saturated rings. The molecule has 1 saturated heterocycles. The first-order valence-electron chi connectivity index (χ1n) is 6.67. The molecule has 0 radical (unpaired) electrons. The molecule has 1 atom stereocenters. The second-order valence-corrected chi connectivity index (χ2v) is 4.89. The quantitative estimate of drug-likeness (QED) is 0.907. The van der Waals surface area contributed by atoms with Crippen LogP contribution in [0, 0.1) is 0 Å². The number of carbonyl (C=O) groups is 2. The molecular weight excluding hydrogens is 272 g/mol. The van der Waals surface area contributed by atoms with Crippen LogP contribution in [-0.4, -0.2) is 49.5 Å². The lowest BCUT2D eigenvalue weighted by Gasteiger charge is -2.21. The molecule has 7 nitrogen and oxygen atoms in total. The Hall–Kier alpha value is -2.70. The predicted octanol–water partition coefficient (Wildman–Crippen LogP) is 0.956. The molecule has 2 aromatic rings. The zero-order chi connectivity index (χ0) is 14.8. The van der Waals surface area contributed by atoms with Crippen molar-refractivity contribution in [3.8, 4) is 5.69 Å². The third-order valence-corrected chi connectivity index (χ3v) is 3.60.